The van der Waals surface area contributed by atoms with Gasteiger partial charge >= 0.3 is 0 Å². The topological polar surface area (TPSA) is 17.1 Å². The molecule has 0 aromatic rings. The number of carbonyl (C=O) groups excluding carboxylic acids is 1. The number of Topliss-reactive ketones (excluding diaryl/α,β-unsaturated/α-hetero) is 1. The maximum absolute atomic E-state index is 10.6. The van der Waals surface area contributed by atoms with Crippen molar-refractivity contribution in [2.75, 3.05) is 0 Å². The molecule has 0 aromatic carbocycles. The van der Waals surface area contributed by atoms with Crippen molar-refractivity contribution in [3.05, 3.63) is 0 Å². The van der Waals surface area contributed by atoms with E-state index in [1.54, 1.807) is 6.92 Å². The quantitative estimate of drug-likeness (QED) is 0.433. The first-order valence-corrected chi connectivity index (χ1v) is 6.22. The van der Waals surface area contributed by atoms with Gasteiger partial charge < -0.3 is 4.79 Å². The fourth-order valence-electron chi connectivity index (χ4n) is 1.42. The molecule has 0 saturated carbocycles. The fourth-order valence-corrected chi connectivity index (χ4v) is 1.42. The molecule has 1 nitrogen and oxygen atoms in total. The van der Waals surface area contributed by atoms with Gasteiger partial charge in [0.15, 0.2) is 0 Å². The standard InChI is InChI=1S/C14H24O/c1-3-4-5-6-7-8-9-10-11-12-13-14(2)15/h3-8,11-13H2,1-2H3. The molecule has 0 aromatic heterocycles. The Morgan fingerprint density at radius 3 is 2.13 bits per heavy atom. The Hall–Kier alpha value is -0.770. The minimum atomic E-state index is 0.274. The second-order valence-corrected chi connectivity index (χ2v) is 4.07. The smallest absolute Gasteiger partial charge is 0.129 e. The second-order valence-electron chi connectivity index (χ2n) is 4.07. The molecule has 15 heavy (non-hydrogen) atoms. The molecule has 0 radical (unpaired) electrons. The number of hydrogen-bond donors (Lipinski definition) is 0. The van der Waals surface area contributed by atoms with Gasteiger partial charge in [0.2, 0.25) is 0 Å². The second kappa shape index (κ2) is 11.3. The highest BCUT2D eigenvalue weighted by atomic mass is 16.1. The predicted octanol–water partition coefficient (Wildman–Crippen LogP) is 4.11. The molecule has 0 fully saturated rings. The van der Waals surface area contributed by atoms with E-state index < -0.39 is 0 Å². The Labute approximate surface area is 94.6 Å². The molecule has 0 unspecified atom stereocenters. The first-order chi connectivity index (χ1) is 7.27. The van der Waals surface area contributed by atoms with Gasteiger partial charge in [-0.3, -0.25) is 0 Å². The van der Waals surface area contributed by atoms with Gasteiger partial charge in [-0.15, -0.1) is 11.8 Å². The van der Waals surface area contributed by atoms with Crippen LogP contribution in [0.25, 0.3) is 0 Å². The van der Waals surface area contributed by atoms with Gasteiger partial charge in [0.1, 0.15) is 5.78 Å². The van der Waals surface area contributed by atoms with E-state index in [2.05, 4.69) is 18.8 Å². The maximum Gasteiger partial charge on any atom is 0.129 e. The minimum absolute atomic E-state index is 0.274. The largest absolute Gasteiger partial charge is 0.300 e. The molecule has 0 aliphatic carbocycles. The summed E-state index contributed by atoms with van der Waals surface area (Å²) in [5.41, 5.74) is 0. The lowest BCUT2D eigenvalue weighted by molar-refractivity contribution is -0.117. The first kappa shape index (κ1) is 14.2. The third-order valence-electron chi connectivity index (χ3n) is 2.36. The van der Waals surface area contributed by atoms with Crippen LogP contribution >= 0.6 is 0 Å². The number of unbranched alkanes of at least 4 members (excludes halogenated alkanes) is 6. The summed E-state index contributed by atoms with van der Waals surface area (Å²) >= 11 is 0. The van der Waals surface area contributed by atoms with E-state index in [9.17, 15) is 4.79 Å². The van der Waals surface area contributed by atoms with Crippen molar-refractivity contribution in [2.24, 2.45) is 0 Å². The highest BCUT2D eigenvalue weighted by Crippen LogP contribution is 2.04. The summed E-state index contributed by atoms with van der Waals surface area (Å²) in [5, 5.41) is 0. The molecule has 0 N–H and O–H groups in total. The monoisotopic (exact) mass is 208 g/mol. The van der Waals surface area contributed by atoms with Crippen molar-refractivity contribution in [1.29, 1.82) is 0 Å². The van der Waals surface area contributed by atoms with Gasteiger partial charge in [0.05, 0.1) is 0 Å². The number of hydrogen-bond acceptors (Lipinski definition) is 1. The Morgan fingerprint density at radius 2 is 1.53 bits per heavy atom. The van der Waals surface area contributed by atoms with E-state index >= 15 is 0 Å². The van der Waals surface area contributed by atoms with Crippen LogP contribution in [0, 0.1) is 11.8 Å². The van der Waals surface area contributed by atoms with E-state index in [1.165, 1.54) is 32.1 Å². The fraction of sp³-hybridized carbons (Fsp3) is 0.786. The summed E-state index contributed by atoms with van der Waals surface area (Å²) in [5.74, 6) is 6.58. The first-order valence-electron chi connectivity index (χ1n) is 6.22. The molecule has 0 bridgehead atoms. The van der Waals surface area contributed by atoms with E-state index in [1.807, 2.05) is 0 Å². The summed E-state index contributed by atoms with van der Waals surface area (Å²) in [6.45, 7) is 3.87. The molecule has 0 atom stereocenters. The van der Waals surface area contributed by atoms with Gasteiger partial charge in [0.25, 0.3) is 0 Å². The Balaban J connectivity index is 3.13. The SMILES string of the molecule is CCCCCCCC#CCCCC(C)=O. The van der Waals surface area contributed by atoms with Crippen molar-refractivity contribution in [3.8, 4) is 11.8 Å². The number of carbonyl (C=O) groups is 1. The van der Waals surface area contributed by atoms with Crippen molar-refractivity contribution in [1.82, 2.24) is 0 Å². The van der Waals surface area contributed by atoms with Crippen LogP contribution in [0.1, 0.15) is 71.6 Å². The molecule has 0 saturated heterocycles. The predicted molar refractivity (Wildman–Crippen MR) is 65.7 cm³/mol. The molecular weight excluding hydrogens is 184 g/mol. The van der Waals surface area contributed by atoms with E-state index in [4.69, 9.17) is 0 Å². The molecule has 0 aliphatic rings. The lowest BCUT2D eigenvalue weighted by atomic mass is 10.1. The van der Waals surface area contributed by atoms with Gasteiger partial charge in [-0.25, -0.2) is 0 Å². The maximum atomic E-state index is 10.6. The zero-order valence-corrected chi connectivity index (χ0v) is 10.3. The molecule has 0 aliphatic heterocycles. The van der Waals surface area contributed by atoms with Crippen LogP contribution in [-0.2, 0) is 4.79 Å². The van der Waals surface area contributed by atoms with Crippen molar-refractivity contribution in [3.63, 3.8) is 0 Å². The summed E-state index contributed by atoms with van der Waals surface area (Å²) in [7, 11) is 0. The van der Waals surface area contributed by atoms with E-state index in [0.717, 1.165) is 19.3 Å². The van der Waals surface area contributed by atoms with Crippen LogP contribution in [0.2, 0.25) is 0 Å². The Morgan fingerprint density at radius 1 is 0.933 bits per heavy atom. The lowest BCUT2D eigenvalue weighted by Crippen LogP contribution is -1.87. The van der Waals surface area contributed by atoms with Crippen LogP contribution in [0.4, 0.5) is 0 Å². The summed E-state index contributed by atoms with van der Waals surface area (Å²) < 4.78 is 0. The van der Waals surface area contributed by atoms with Gasteiger partial charge in [-0.2, -0.15) is 0 Å². The average molecular weight is 208 g/mol. The van der Waals surface area contributed by atoms with Crippen LogP contribution < -0.4 is 0 Å². The van der Waals surface area contributed by atoms with E-state index in [-0.39, 0.29) is 5.78 Å². The van der Waals surface area contributed by atoms with Crippen LogP contribution in [0.3, 0.4) is 0 Å². The number of ketones is 1. The Kier molecular flexibility index (Phi) is 10.7. The van der Waals surface area contributed by atoms with Crippen LogP contribution in [0.5, 0.6) is 0 Å². The van der Waals surface area contributed by atoms with Crippen LogP contribution in [-0.4, -0.2) is 5.78 Å². The lowest BCUT2D eigenvalue weighted by Gasteiger charge is -1.94. The van der Waals surface area contributed by atoms with Gasteiger partial charge in [-0.1, -0.05) is 32.6 Å². The molecule has 1 heteroatoms. The molecule has 0 rings (SSSR count). The van der Waals surface area contributed by atoms with Crippen molar-refractivity contribution < 1.29 is 4.79 Å². The normalized spacial score (nSPS) is 9.47. The highest BCUT2D eigenvalue weighted by molar-refractivity contribution is 5.75. The minimum Gasteiger partial charge on any atom is -0.300 e. The number of rotatable bonds is 8. The molecule has 0 spiro atoms. The van der Waals surface area contributed by atoms with Gasteiger partial charge in [-0.05, 0) is 19.8 Å². The third-order valence-corrected chi connectivity index (χ3v) is 2.36. The summed E-state index contributed by atoms with van der Waals surface area (Å²) in [6, 6.07) is 0. The highest BCUT2D eigenvalue weighted by Gasteiger charge is 1.90. The summed E-state index contributed by atoms with van der Waals surface area (Å²) in [4.78, 5) is 10.6. The molecule has 0 amide bonds. The van der Waals surface area contributed by atoms with Gasteiger partial charge in [0, 0.05) is 19.3 Å². The van der Waals surface area contributed by atoms with Crippen LogP contribution in [0.15, 0.2) is 0 Å². The molecule has 0 heterocycles. The third kappa shape index (κ3) is 13.2. The van der Waals surface area contributed by atoms with E-state index in [0.29, 0.717) is 6.42 Å². The van der Waals surface area contributed by atoms with Crippen molar-refractivity contribution >= 4 is 5.78 Å². The molecular formula is C14H24O. The molecule has 86 valence electrons. The zero-order valence-electron chi connectivity index (χ0n) is 10.3. The van der Waals surface area contributed by atoms with Crippen molar-refractivity contribution in [2.45, 2.75) is 71.6 Å². The summed E-state index contributed by atoms with van der Waals surface area (Å²) in [6.07, 6.45) is 10.1. The Bertz CT molecular complexity index is 207. The zero-order chi connectivity index (χ0) is 11.4. The average Bonchev–Trinajstić information content (AvgIpc) is 2.20.